The zero-order chi connectivity index (χ0) is 15.9. The van der Waals surface area contributed by atoms with Gasteiger partial charge in [-0.1, -0.05) is 18.5 Å². The summed E-state index contributed by atoms with van der Waals surface area (Å²) < 4.78 is 0. The molecule has 0 saturated carbocycles. The van der Waals surface area contributed by atoms with Gasteiger partial charge in [0.1, 0.15) is 5.69 Å². The number of halogens is 1. The zero-order valence-corrected chi connectivity index (χ0v) is 13.4. The number of benzene rings is 1. The molecule has 1 aromatic heterocycles. The van der Waals surface area contributed by atoms with E-state index in [4.69, 9.17) is 11.6 Å². The lowest BCUT2D eigenvalue weighted by Gasteiger charge is -2.05. The molecule has 0 aliphatic rings. The molecule has 8 heteroatoms. The average molecular weight is 339 g/mol. The van der Waals surface area contributed by atoms with Gasteiger partial charge >= 0.3 is 6.03 Å². The van der Waals surface area contributed by atoms with E-state index in [0.717, 1.165) is 6.42 Å². The first kappa shape index (κ1) is 16.3. The van der Waals surface area contributed by atoms with Crippen LogP contribution in [0.25, 0.3) is 0 Å². The largest absolute Gasteiger partial charge is 0.351 e. The molecule has 6 nitrogen and oxygen atoms in total. The molecule has 0 aliphatic carbocycles. The van der Waals surface area contributed by atoms with Crippen LogP contribution in [0, 0.1) is 0 Å². The highest BCUT2D eigenvalue weighted by molar-refractivity contribution is 7.14. The summed E-state index contributed by atoms with van der Waals surface area (Å²) in [5.41, 5.74) is 0.902. The van der Waals surface area contributed by atoms with E-state index in [-0.39, 0.29) is 5.91 Å². The molecule has 116 valence electrons. The lowest BCUT2D eigenvalue weighted by atomic mass is 10.3. The summed E-state index contributed by atoms with van der Waals surface area (Å²) in [6.45, 7) is 2.56. The Hall–Kier alpha value is -2.12. The topological polar surface area (TPSA) is 83.1 Å². The number of rotatable bonds is 5. The van der Waals surface area contributed by atoms with Gasteiger partial charge in [-0.15, -0.1) is 11.3 Å². The van der Waals surface area contributed by atoms with Crippen molar-refractivity contribution in [2.45, 2.75) is 13.3 Å². The standard InChI is InChI=1S/C14H15ClN4O2S/c1-2-7-16-12(20)11-8-22-14(18-11)19-13(21)17-10-5-3-9(15)4-6-10/h3-6,8H,2,7H2,1H3,(H,16,20)(H2,17,18,19,21). The van der Waals surface area contributed by atoms with Crippen molar-refractivity contribution in [2.75, 3.05) is 17.2 Å². The van der Waals surface area contributed by atoms with E-state index in [9.17, 15) is 9.59 Å². The minimum atomic E-state index is -0.433. The first-order valence-corrected chi connectivity index (χ1v) is 7.91. The van der Waals surface area contributed by atoms with Crippen LogP contribution in [-0.4, -0.2) is 23.5 Å². The van der Waals surface area contributed by atoms with Crippen molar-refractivity contribution >= 4 is 45.7 Å². The number of hydrogen-bond donors (Lipinski definition) is 3. The van der Waals surface area contributed by atoms with Gasteiger partial charge in [0.2, 0.25) is 0 Å². The molecule has 1 heterocycles. The van der Waals surface area contributed by atoms with Crippen molar-refractivity contribution in [3.63, 3.8) is 0 Å². The quantitative estimate of drug-likeness (QED) is 0.779. The molecule has 3 amide bonds. The SMILES string of the molecule is CCCNC(=O)c1csc(NC(=O)Nc2ccc(Cl)cc2)n1. The molecule has 1 aromatic carbocycles. The highest BCUT2D eigenvalue weighted by Gasteiger charge is 2.11. The van der Waals surface area contributed by atoms with Crippen LogP contribution in [0.2, 0.25) is 5.02 Å². The van der Waals surface area contributed by atoms with Gasteiger partial charge in [-0.25, -0.2) is 9.78 Å². The van der Waals surface area contributed by atoms with E-state index in [2.05, 4.69) is 20.9 Å². The van der Waals surface area contributed by atoms with Crippen LogP contribution >= 0.6 is 22.9 Å². The smallest absolute Gasteiger partial charge is 0.325 e. The van der Waals surface area contributed by atoms with Crippen molar-refractivity contribution in [1.29, 1.82) is 0 Å². The Labute approximate surface area is 136 Å². The van der Waals surface area contributed by atoms with Crippen LogP contribution in [0.5, 0.6) is 0 Å². The molecule has 3 N–H and O–H groups in total. The second kappa shape index (κ2) is 7.77. The zero-order valence-electron chi connectivity index (χ0n) is 11.9. The monoisotopic (exact) mass is 338 g/mol. The Balaban J connectivity index is 1.90. The van der Waals surface area contributed by atoms with Gasteiger partial charge < -0.3 is 10.6 Å². The molecule has 0 fully saturated rings. The van der Waals surface area contributed by atoms with Crippen LogP contribution in [0.1, 0.15) is 23.8 Å². The maximum absolute atomic E-state index is 11.8. The Kier molecular flexibility index (Phi) is 5.74. The van der Waals surface area contributed by atoms with Gasteiger partial charge in [-0.3, -0.25) is 10.1 Å². The number of aromatic nitrogens is 1. The number of amides is 3. The second-order valence-electron chi connectivity index (χ2n) is 4.38. The highest BCUT2D eigenvalue weighted by Crippen LogP contribution is 2.17. The number of nitrogens with one attached hydrogen (secondary N) is 3. The molecule has 0 aliphatic heterocycles. The third kappa shape index (κ3) is 4.71. The molecule has 0 spiro atoms. The third-order valence-corrected chi connectivity index (χ3v) is 3.60. The molecule has 2 aromatic rings. The fourth-order valence-corrected chi connectivity index (χ4v) is 2.37. The minimum Gasteiger partial charge on any atom is -0.351 e. The molecule has 22 heavy (non-hydrogen) atoms. The Morgan fingerprint density at radius 1 is 1.23 bits per heavy atom. The van der Waals surface area contributed by atoms with Crippen molar-refractivity contribution in [3.05, 3.63) is 40.4 Å². The Bertz CT molecular complexity index is 657. The Morgan fingerprint density at radius 2 is 1.95 bits per heavy atom. The third-order valence-electron chi connectivity index (χ3n) is 2.59. The minimum absolute atomic E-state index is 0.246. The van der Waals surface area contributed by atoms with Crippen LogP contribution in [0.15, 0.2) is 29.6 Å². The lowest BCUT2D eigenvalue weighted by Crippen LogP contribution is -2.24. The summed E-state index contributed by atoms with van der Waals surface area (Å²) in [5, 5.41) is 10.5. The van der Waals surface area contributed by atoms with Crippen LogP contribution in [0.3, 0.4) is 0 Å². The lowest BCUT2D eigenvalue weighted by molar-refractivity contribution is 0.0949. The summed E-state index contributed by atoms with van der Waals surface area (Å²) >= 11 is 6.96. The van der Waals surface area contributed by atoms with Gasteiger partial charge in [0, 0.05) is 22.6 Å². The number of anilines is 2. The molecule has 0 bridgehead atoms. The van der Waals surface area contributed by atoms with E-state index in [1.165, 1.54) is 11.3 Å². The van der Waals surface area contributed by atoms with Crippen molar-refractivity contribution in [3.8, 4) is 0 Å². The van der Waals surface area contributed by atoms with Crippen molar-refractivity contribution in [1.82, 2.24) is 10.3 Å². The highest BCUT2D eigenvalue weighted by atomic mass is 35.5. The molecular weight excluding hydrogens is 324 g/mol. The fourth-order valence-electron chi connectivity index (χ4n) is 1.56. The number of carbonyl (C=O) groups is 2. The fraction of sp³-hybridized carbons (Fsp3) is 0.214. The van der Waals surface area contributed by atoms with Crippen LogP contribution in [0.4, 0.5) is 15.6 Å². The van der Waals surface area contributed by atoms with E-state index in [0.29, 0.717) is 28.1 Å². The van der Waals surface area contributed by atoms with Crippen LogP contribution in [-0.2, 0) is 0 Å². The van der Waals surface area contributed by atoms with E-state index in [1.54, 1.807) is 29.6 Å². The predicted molar refractivity (Wildman–Crippen MR) is 88.8 cm³/mol. The second-order valence-corrected chi connectivity index (χ2v) is 5.67. The van der Waals surface area contributed by atoms with Gasteiger partial charge in [-0.2, -0.15) is 0 Å². The van der Waals surface area contributed by atoms with E-state index >= 15 is 0 Å². The first-order chi connectivity index (χ1) is 10.6. The maximum atomic E-state index is 11.8. The summed E-state index contributed by atoms with van der Waals surface area (Å²) in [7, 11) is 0. The van der Waals surface area contributed by atoms with Gasteiger partial charge in [-0.05, 0) is 30.7 Å². The van der Waals surface area contributed by atoms with Crippen LogP contribution < -0.4 is 16.0 Å². The van der Waals surface area contributed by atoms with E-state index < -0.39 is 6.03 Å². The number of urea groups is 1. The summed E-state index contributed by atoms with van der Waals surface area (Å²) in [6.07, 6.45) is 0.852. The van der Waals surface area contributed by atoms with Gasteiger partial charge in [0.05, 0.1) is 0 Å². The molecule has 2 rings (SSSR count). The molecule has 0 unspecified atom stereocenters. The Morgan fingerprint density at radius 3 is 2.64 bits per heavy atom. The molecule has 0 atom stereocenters. The molecular formula is C14H15ClN4O2S. The number of carbonyl (C=O) groups excluding carboxylic acids is 2. The van der Waals surface area contributed by atoms with Gasteiger partial charge in [0.15, 0.2) is 5.13 Å². The average Bonchev–Trinajstić information content (AvgIpc) is 2.95. The first-order valence-electron chi connectivity index (χ1n) is 6.65. The van der Waals surface area contributed by atoms with Crippen molar-refractivity contribution in [2.24, 2.45) is 0 Å². The number of nitrogens with zero attached hydrogens (tertiary/aromatic N) is 1. The molecule has 0 saturated heterocycles. The number of thiazole rings is 1. The number of hydrogen-bond acceptors (Lipinski definition) is 4. The van der Waals surface area contributed by atoms with Gasteiger partial charge in [0.25, 0.3) is 5.91 Å². The maximum Gasteiger partial charge on any atom is 0.325 e. The van der Waals surface area contributed by atoms with E-state index in [1.807, 2.05) is 6.92 Å². The normalized spacial score (nSPS) is 10.1. The summed E-state index contributed by atoms with van der Waals surface area (Å²) in [4.78, 5) is 27.6. The van der Waals surface area contributed by atoms with Crippen molar-refractivity contribution < 1.29 is 9.59 Å². The summed E-state index contributed by atoms with van der Waals surface area (Å²) in [6, 6.07) is 6.30. The molecule has 0 radical (unpaired) electrons. The predicted octanol–water partition coefficient (Wildman–Crippen LogP) is 3.58. The summed E-state index contributed by atoms with van der Waals surface area (Å²) in [5.74, 6) is -0.246.